The van der Waals surface area contributed by atoms with Gasteiger partial charge in [-0.05, 0) is 18.8 Å². The minimum atomic E-state index is -1.20. The first kappa shape index (κ1) is 29.7. The lowest BCUT2D eigenvalue weighted by Gasteiger charge is -2.25. The van der Waals surface area contributed by atoms with E-state index in [1.807, 2.05) is 0 Å². The number of aliphatic carboxylic acids is 1. The smallest absolute Gasteiger partial charge is 0.326 e. The third-order valence-corrected chi connectivity index (χ3v) is 5.35. The molecule has 4 unspecified atom stereocenters. The maximum absolute atomic E-state index is 13.1. The van der Waals surface area contributed by atoms with Crippen LogP contribution in [-0.4, -0.2) is 81.2 Å². The average molecular weight is 514 g/mol. The summed E-state index contributed by atoms with van der Waals surface area (Å²) >= 11 is 4.00. The number of carbonyl (C=O) groups excluding carboxylic acids is 3. The predicted molar refractivity (Wildman–Crippen MR) is 132 cm³/mol. The lowest BCUT2D eigenvalue weighted by Crippen LogP contribution is -2.58. The summed E-state index contributed by atoms with van der Waals surface area (Å²) in [6.07, 6.45) is 3.38. The summed E-state index contributed by atoms with van der Waals surface area (Å²) in [6, 6.07) is -4.32. The second kappa shape index (κ2) is 14.8. The number of guanidine groups is 1. The number of carboxylic acids is 1. The minimum absolute atomic E-state index is 0.0446. The fraction of sp³-hybridized carbons (Fsp3) is 0.600. The summed E-state index contributed by atoms with van der Waals surface area (Å²) in [5, 5.41) is 17.0. The van der Waals surface area contributed by atoms with Gasteiger partial charge in [-0.25, -0.2) is 9.78 Å². The van der Waals surface area contributed by atoms with Crippen molar-refractivity contribution >= 4 is 42.3 Å². The first-order valence-corrected chi connectivity index (χ1v) is 11.6. The van der Waals surface area contributed by atoms with E-state index in [1.165, 1.54) is 12.5 Å². The van der Waals surface area contributed by atoms with Crippen LogP contribution in [0.3, 0.4) is 0 Å². The molecule has 0 saturated carbocycles. The highest BCUT2D eigenvalue weighted by molar-refractivity contribution is 7.80. The number of imidazole rings is 1. The molecule has 1 heterocycles. The van der Waals surface area contributed by atoms with Crippen molar-refractivity contribution in [2.45, 2.75) is 57.3 Å². The van der Waals surface area contributed by atoms with Gasteiger partial charge in [-0.2, -0.15) is 12.6 Å². The molecule has 0 spiro atoms. The zero-order valence-electron chi connectivity index (χ0n) is 19.7. The van der Waals surface area contributed by atoms with Gasteiger partial charge in [0.1, 0.15) is 18.1 Å². The topological polar surface area (TPSA) is 244 Å². The number of rotatable bonds is 15. The Kier molecular flexibility index (Phi) is 12.6. The summed E-state index contributed by atoms with van der Waals surface area (Å²) in [7, 11) is 0. The Morgan fingerprint density at radius 3 is 2.26 bits per heavy atom. The summed E-state index contributed by atoms with van der Waals surface area (Å²) in [4.78, 5) is 60.5. The van der Waals surface area contributed by atoms with Gasteiger partial charge >= 0.3 is 5.97 Å². The monoisotopic (exact) mass is 513 g/mol. The molecule has 4 atom stereocenters. The van der Waals surface area contributed by atoms with Crippen LogP contribution in [0.25, 0.3) is 0 Å². The highest BCUT2D eigenvalue weighted by Gasteiger charge is 2.31. The van der Waals surface area contributed by atoms with Crippen LogP contribution in [0.15, 0.2) is 17.5 Å². The van der Waals surface area contributed by atoms with Gasteiger partial charge in [0.05, 0.1) is 12.4 Å². The van der Waals surface area contributed by atoms with E-state index in [0.717, 1.165) is 0 Å². The maximum atomic E-state index is 13.1. The summed E-state index contributed by atoms with van der Waals surface area (Å²) < 4.78 is 0. The van der Waals surface area contributed by atoms with E-state index in [0.29, 0.717) is 12.1 Å². The molecule has 0 aliphatic carbocycles. The molecule has 15 heteroatoms. The van der Waals surface area contributed by atoms with Crippen molar-refractivity contribution in [2.75, 3.05) is 12.3 Å². The van der Waals surface area contributed by atoms with Gasteiger partial charge in [0.15, 0.2) is 5.96 Å². The summed E-state index contributed by atoms with van der Waals surface area (Å²) in [5.74, 6) is -3.62. The van der Waals surface area contributed by atoms with Gasteiger partial charge in [0.2, 0.25) is 17.7 Å². The van der Waals surface area contributed by atoms with Crippen molar-refractivity contribution in [3.05, 3.63) is 18.2 Å². The first-order chi connectivity index (χ1) is 16.5. The number of aromatic nitrogens is 2. The normalized spacial score (nSPS) is 14.3. The molecule has 14 nitrogen and oxygen atoms in total. The number of hydrogen-bond acceptors (Lipinski definition) is 8. The van der Waals surface area contributed by atoms with Crippen molar-refractivity contribution in [3.8, 4) is 0 Å². The molecule has 0 saturated heterocycles. The Balaban J connectivity index is 3.07. The van der Waals surface area contributed by atoms with Gasteiger partial charge in [-0.3, -0.25) is 19.4 Å². The Labute approximate surface area is 208 Å². The van der Waals surface area contributed by atoms with Gasteiger partial charge in [0.25, 0.3) is 0 Å². The van der Waals surface area contributed by atoms with Crippen LogP contribution in [0.2, 0.25) is 0 Å². The fourth-order valence-corrected chi connectivity index (χ4v) is 3.17. The molecule has 3 amide bonds. The second-order valence-corrected chi connectivity index (χ2v) is 8.57. The minimum Gasteiger partial charge on any atom is -0.480 e. The van der Waals surface area contributed by atoms with Crippen LogP contribution in [0, 0.1) is 5.92 Å². The molecule has 1 rings (SSSR count). The molecule has 0 aromatic carbocycles. The van der Waals surface area contributed by atoms with Crippen molar-refractivity contribution in [1.82, 2.24) is 25.9 Å². The molecular weight excluding hydrogens is 478 g/mol. The molecule has 196 valence electrons. The fourth-order valence-electron chi connectivity index (χ4n) is 3.00. The third kappa shape index (κ3) is 10.6. The first-order valence-electron chi connectivity index (χ1n) is 11.0. The van der Waals surface area contributed by atoms with Crippen LogP contribution in [-0.2, 0) is 25.6 Å². The lowest BCUT2D eigenvalue weighted by molar-refractivity contribution is -0.143. The molecule has 0 fully saturated rings. The molecule has 1 aromatic rings. The zero-order chi connectivity index (χ0) is 26.5. The number of amides is 3. The van der Waals surface area contributed by atoms with Gasteiger partial charge in [-0.1, -0.05) is 13.8 Å². The van der Waals surface area contributed by atoms with Gasteiger partial charge in [-0.15, -0.1) is 0 Å². The average Bonchev–Trinajstić information content (AvgIpc) is 3.30. The number of thiol groups is 1. The SMILES string of the molecule is CC(C)C(NC(=O)C(CCCN=C(N)N)NC(=O)C(Cc1cnc[nH]1)NC(=O)C(N)CS)C(=O)O. The maximum Gasteiger partial charge on any atom is 0.326 e. The molecule has 0 radical (unpaired) electrons. The number of carboxylic acid groups (broad SMARTS) is 1. The number of aromatic amines is 1. The van der Waals surface area contributed by atoms with Crippen molar-refractivity contribution in [1.29, 1.82) is 0 Å². The van der Waals surface area contributed by atoms with Crippen molar-refractivity contribution < 1.29 is 24.3 Å². The Morgan fingerprint density at radius 2 is 1.74 bits per heavy atom. The molecule has 11 N–H and O–H groups in total. The van der Waals surface area contributed by atoms with Crippen LogP contribution < -0.4 is 33.2 Å². The van der Waals surface area contributed by atoms with E-state index < -0.39 is 53.8 Å². The van der Waals surface area contributed by atoms with Crippen LogP contribution in [0.4, 0.5) is 0 Å². The predicted octanol–water partition coefficient (Wildman–Crippen LogP) is -2.54. The van der Waals surface area contributed by atoms with E-state index >= 15 is 0 Å². The Bertz CT molecular complexity index is 874. The van der Waals surface area contributed by atoms with Crippen LogP contribution in [0.5, 0.6) is 0 Å². The molecule has 0 bridgehead atoms. The summed E-state index contributed by atoms with van der Waals surface area (Å²) in [6.45, 7) is 3.48. The number of carbonyl (C=O) groups is 4. The highest BCUT2D eigenvalue weighted by atomic mass is 32.1. The molecule has 0 aliphatic rings. The van der Waals surface area contributed by atoms with Gasteiger partial charge in [0, 0.05) is 30.6 Å². The largest absolute Gasteiger partial charge is 0.480 e. The molecule has 0 aliphatic heterocycles. The number of hydrogen-bond donors (Lipinski definition) is 9. The highest BCUT2D eigenvalue weighted by Crippen LogP contribution is 2.07. The number of nitrogens with one attached hydrogen (secondary N) is 4. The number of H-pyrrole nitrogens is 1. The zero-order valence-corrected chi connectivity index (χ0v) is 20.6. The standard InChI is InChI=1S/C20H35N9O5S/c1-10(2)15(19(33)34)29-17(31)13(4-3-5-25-20(22)23)27-18(32)14(6-11-7-24-9-26-11)28-16(30)12(21)8-35/h7,9-10,12-15,35H,3-6,8,21H2,1-2H3,(H,24,26)(H,27,32)(H,28,30)(H,29,31)(H,33,34)(H4,22,23,25). The molecule has 1 aromatic heterocycles. The third-order valence-electron chi connectivity index (χ3n) is 4.95. The van der Waals surface area contributed by atoms with E-state index in [9.17, 15) is 24.3 Å². The molecular formula is C20H35N9O5S. The number of nitrogens with zero attached hydrogens (tertiary/aromatic N) is 2. The van der Waals surface area contributed by atoms with E-state index in [2.05, 4.69) is 43.5 Å². The van der Waals surface area contributed by atoms with Crippen molar-refractivity contribution in [3.63, 3.8) is 0 Å². The van der Waals surface area contributed by atoms with E-state index in [1.54, 1.807) is 13.8 Å². The van der Waals surface area contributed by atoms with E-state index in [4.69, 9.17) is 17.2 Å². The quantitative estimate of drug-likeness (QED) is 0.0518. The second-order valence-electron chi connectivity index (χ2n) is 8.21. The lowest BCUT2D eigenvalue weighted by atomic mass is 10.0. The van der Waals surface area contributed by atoms with Crippen molar-refractivity contribution in [2.24, 2.45) is 28.1 Å². The number of nitrogens with two attached hydrogens (primary N) is 3. The van der Waals surface area contributed by atoms with Crippen LogP contribution in [0.1, 0.15) is 32.4 Å². The summed E-state index contributed by atoms with van der Waals surface area (Å²) in [5.41, 5.74) is 16.9. The van der Waals surface area contributed by atoms with Crippen LogP contribution >= 0.6 is 12.6 Å². The Hall–Kier alpha value is -3.33. The van der Waals surface area contributed by atoms with Gasteiger partial charge < -0.3 is 43.2 Å². The molecule has 35 heavy (non-hydrogen) atoms. The van der Waals surface area contributed by atoms with E-state index in [-0.39, 0.29) is 31.1 Å². The Morgan fingerprint density at radius 1 is 1.11 bits per heavy atom. The number of aliphatic imine (C=N–C) groups is 1.